The molecule has 1 aromatic carbocycles. The zero-order valence-electron chi connectivity index (χ0n) is 20.1. The van der Waals surface area contributed by atoms with Crippen molar-refractivity contribution in [2.75, 3.05) is 25.2 Å². The van der Waals surface area contributed by atoms with Gasteiger partial charge in [0.2, 0.25) is 0 Å². The molecule has 0 spiro atoms. The lowest BCUT2D eigenvalue weighted by Crippen LogP contribution is -2.70. The third-order valence-electron chi connectivity index (χ3n) is 5.37. The minimum Gasteiger partial charge on any atom is -0.458 e. The molecule has 2 aliphatic heterocycles. The Kier molecular flexibility index (Phi) is 8.40. The molecule has 0 bridgehead atoms. The van der Waals surface area contributed by atoms with E-state index in [0.717, 1.165) is 11.3 Å². The number of nitro benzene ring substituents is 1. The van der Waals surface area contributed by atoms with Crippen LogP contribution in [0.3, 0.4) is 0 Å². The molecule has 204 valence electrons. The number of ether oxygens (including phenoxy) is 2. The number of amides is 2. The molecule has 1 aromatic heterocycles. The molecule has 2 aromatic rings. The number of rotatable bonds is 10. The van der Waals surface area contributed by atoms with Gasteiger partial charge in [0.25, 0.3) is 17.5 Å². The lowest BCUT2D eigenvalue weighted by molar-refractivity contribution is -0.384. The normalized spacial score (nSPS) is 18.3. The molecule has 0 aliphatic carbocycles. The maximum Gasteiger partial charge on any atom is 0.355 e. The Hall–Kier alpha value is -4.51. The maximum atomic E-state index is 12.8. The van der Waals surface area contributed by atoms with E-state index in [2.05, 4.69) is 15.5 Å². The van der Waals surface area contributed by atoms with Crippen molar-refractivity contribution < 1.29 is 38.4 Å². The van der Waals surface area contributed by atoms with Crippen LogP contribution in [0, 0.1) is 10.1 Å². The van der Waals surface area contributed by atoms with Gasteiger partial charge < -0.3 is 25.4 Å². The number of nitrogens with one attached hydrogen (secondary N) is 1. The quantitative estimate of drug-likeness (QED) is 0.131. The van der Waals surface area contributed by atoms with Crippen molar-refractivity contribution in [1.82, 2.24) is 15.2 Å². The molecule has 0 radical (unpaired) electrons. The number of fused-ring (bicyclic) bond motifs is 1. The molecule has 1 unspecified atom stereocenters. The Morgan fingerprint density at radius 3 is 2.67 bits per heavy atom. The van der Waals surface area contributed by atoms with E-state index >= 15 is 0 Å². The number of benzene rings is 1. The second kappa shape index (κ2) is 11.9. The van der Waals surface area contributed by atoms with Crippen LogP contribution >= 0.6 is 23.1 Å². The van der Waals surface area contributed by atoms with Gasteiger partial charge in [-0.3, -0.25) is 24.6 Å². The zero-order chi connectivity index (χ0) is 28.1. The number of thiazole rings is 1. The number of nitrogens with two attached hydrogens (primary N) is 1. The second-order valence-corrected chi connectivity index (χ2v) is 9.87. The summed E-state index contributed by atoms with van der Waals surface area (Å²) in [7, 11) is 1.25. The molecular weight excluding hydrogens is 556 g/mol. The molecule has 1 fully saturated rings. The summed E-state index contributed by atoms with van der Waals surface area (Å²) in [5.74, 6) is -2.69. The van der Waals surface area contributed by atoms with E-state index in [1.54, 1.807) is 0 Å². The van der Waals surface area contributed by atoms with Gasteiger partial charge >= 0.3 is 11.9 Å². The molecule has 39 heavy (non-hydrogen) atoms. The van der Waals surface area contributed by atoms with Crippen LogP contribution in [0.15, 0.2) is 46.6 Å². The fraction of sp³-hybridized carbons (Fsp3) is 0.273. The molecular formula is C22H20N6O9S2. The number of esters is 2. The fourth-order valence-corrected chi connectivity index (χ4v) is 5.29. The van der Waals surface area contributed by atoms with E-state index in [0.29, 0.717) is 11.3 Å². The van der Waals surface area contributed by atoms with Gasteiger partial charge in [-0.25, -0.2) is 14.6 Å². The number of anilines is 1. The van der Waals surface area contributed by atoms with Crippen molar-refractivity contribution in [3.63, 3.8) is 0 Å². The fourth-order valence-electron chi connectivity index (χ4n) is 3.55. The Labute approximate surface area is 228 Å². The number of thioether (sulfide) groups is 1. The van der Waals surface area contributed by atoms with Gasteiger partial charge in [-0.05, 0) is 23.8 Å². The van der Waals surface area contributed by atoms with Gasteiger partial charge in [-0.2, -0.15) is 0 Å². The van der Waals surface area contributed by atoms with Gasteiger partial charge in [0, 0.05) is 23.3 Å². The minimum atomic E-state index is -0.955. The van der Waals surface area contributed by atoms with Crippen molar-refractivity contribution in [2.24, 2.45) is 5.16 Å². The number of hydrogen-bond donors (Lipinski definition) is 2. The number of oxime groups is 1. The van der Waals surface area contributed by atoms with E-state index in [-0.39, 0.29) is 34.5 Å². The molecule has 0 saturated carbocycles. The summed E-state index contributed by atoms with van der Waals surface area (Å²) in [6.07, 6.45) is 1.48. The summed E-state index contributed by atoms with van der Waals surface area (Å²) in [5.41, 5.74) is 5.98. The largest absolute Gasteiger partial charge is 0.458 e. The smallest absolute Gasteiger partial charge is 0.355 e. The molecule has 2 atom stereocenters. The van der Waals surface area contributed by atoms with Crippen molar-refractivity contribution in [3.8, 4) is 0 Å². The van der Waals surface area contributed by atoms with Crippen LogP contribution < -0.4 is 11.1 Å². The number of β-lactam (4-membered cyclic amide) rings is 1. The summed E-state index contributed by atoms with van der Waals surface area (Å²) in [4.78, 5) is 70.3. The molecule has 1 saturated heterocycles. The third-order valence-corrected chi connectivity index (χ3v) is 7.23. The average molecular weight is 577 g/mol. The molecule has 17 heteroatoms. The van der Waals surface area contributed by atoms with Crippen molar-refractivity contribution >= 4 is 63.4 Å². The van der Waals surface area contributed by atoms with E-state index in [9.17, 15) is 29.3 Å². The summed E-state index contributed by atoms with van der Waals surface area (Å²) in [5, 5.41) is 18.1. The lowest BCUT2D eigenvalue weighted by atomic mass is 10.0. The van der Waals surface area contributed by atoms with E-state index < -0.39 is 46.7 Å². The number of nitrogens with zero attached hydrogens (tertiary/aromatic N) is 4. The second-order valence-electron chi connectivity index (χ2n) is 7.83. The summed E-state index contributed by atoms with van der Waals surface area (Å²) < 4.78 is 10.0. The molecule has 3 heterocycles. The number of non-ortho nitro benzene ring substituents is 1. The van der Waals surface area contributed by atoms with Crippen LogP contribution in [-0.4, -0.2) is 75.2 Å². The number of carbonyl (C=O) groups is 4. The maximum absolute atomic E-state index is 12.8. The first-order chi connectivity index (χ1) is 18.7. The standard InChI is InChI=1S/C22H20N6O9S2/c1-35-26-16(13-10-39-22(23)24-13)18(30)25-17-19(31)27-14(6-7-38-20(17)27)21(32)37-9-15(29)36-8-11-2-4-12(5-3-11)28(33)34/h2-6,10,17,20H,7-9H2,1H3,(H2,23,24)(H,25,30)/t17?,20-/m1/s1. The number of aromatic nitrogens is 1. The first-order valence-electron chi connectivity index (χ1n) is 11.0. The van der Waals surface area contributed by atoms with Crippen LogP contribution in [0.5, 0.6) is 0 Å². The molecule has 2 aliphatic rings. The highest BCUT2D eigenvalue weighted by Crippen LogP contribution is 2.37. The zero-order valence-corrected chi connectivity index (χ0v) is 21.7. The highest BCUT2D eigenvalue weighted by atomic mass is 32.2. The van der Waals surface area contributed by atoms with Crippen molar-refractivity contribution in [1.29, 1.82) is 0 Å². The first kappa shape index (κ1) is 27.5. The van der Waals surface area contributed by atoms with Crippen LogP contribution in [0.2, 0.25) is 0 Å². The Morgan fingerprint density at radius 1 is 1.28 bits per heavy atom. The van der Waals surface area contributed by atoms with Crippen molar-refractivity contribution in [2.45, 2.75) is 18.0 Å². The molecule has 2 amide bonds. The van der Waals surface area contributed by atoms with E-state index in [4.69, 9.17) is 20.0 Å². The van der Waals surface area contributed by atoms with Gasteiger partial charge in [0.15, 0.2) is 17.5 Å². The first-order valence-corrected chi connectivity index (χ1v) is 13.0. The van der Waals surface area contributed by atoms with Gasteiger partial charge in [0.05, 0.1) is 4.92 Å². The van der Waals surface area contributed by atoms with Crippen LogP contribution in [0.1, 0.15) is 11.3 Å². The molecule has 4 rings (SSSR count). The SMILES string of the molecule is CON=C(C(=O)NC1C(=O)N2C(C(=O)OCC(=O)OCc3ccc([N+](=O)[O-])cc3)=CCS[C@H]12)c1csc(N)n1. The van der Waals surface area contributed by atoms with Crippen LogP contribution in [0.25, 0.3) is 0 Å². The Bertz CT molecular complexity index is 1370. The Balaban J connectivity index is 1.29. The van der Waals surface area contributed by atoms with Crippen LogP contribution in [0.4, 0.5) is 10.8 Å². The molecule has 15 nitrogen and oxygen atoms in total. The summed E-state index contributed by atoms with van der Waals surface area (Å²) >= 11 is 2.42. The third kappa shape index (κ3) is 6.15. The summed E-state index contributed by atoms with van der Waals surface area (Å²) in [6.45, 7) is -0.888. The number of carbonyl (C=O) groups excluding carboxylic acids is 4. The lowest BCUT2D eigenvalue weighted by Gasteiger charge is -2.48. The number of hydrogen-bond acceptors (Lipinski definition) is 14. The molecule has 3 N–H and O–H groups in total. The highest BCUT2D eigenvalue weighted by molar-refractivity contribution is 8.00. The average Bonchev–Trinajstić information content (AvgIpc) is 3.37. The van der Waals surface area contributed by atoms with Gasteiger partial charge in [-0.15, -0.1) is 23.1 Å². The minimum absolute atomic E-state index is 0.0597. The van der Waals surface area contributed by atoms with Gasteiger partial charge in [0.1, 0.15) is 36.5 Å². The van der Waals surface area contributed by atoms with Gasteiger partial charge in [-0.1, -0.05) is 5.16 Å². The van der Waals surface area contributed by atoms with Crippen molar-refractivity contribution in [3.05, 3.63) is 62.8 Å². The summed E-state index contributed by atoms with van der Waals surface area (Å²) in [6, 6.07) is 4.45. The predicted octanol–water partition coefficient (Wildman–Crippen LogP) is 0.554. The topological polar surface area (TPSA) is 206 Å². The number of nitro groups is 1. The number of nitrogen functional groups attached to an aromatic ring is 1. The monoisotopic (exact) mass is 576 g/mol. The highest BCUT2D eigenvalue weighted by Gasteiger charge is 2.53. The van der Waals surface area contributed by atoms with Crippen LogP contribution in [-0.2, 0) is 40.1 Å². The van der Waals surface area contributed by atoms with E-state index in [1.807, 2.05) is 0 Å². The van der Waals surface area contributed by atoms with E-state index in [1.165, 1.54) is 59.5 Å². The predicted molar refractivity (Wildman–Crippen MR) is 137 cm³/mol. The Morgan fingerprint density at radius 2 is 2.03 bits per heavy atom.